The van der Waals surface area contributed by atoms with Crippen LogP contribution >= 0.6 is 11.3 Å². The maximum absolute atomic E-state index is 13.2. The van der Waals surface area contributed by atoms with Crippen molar-refractivity contribution in [2.45, 2.75) is 30.5 Å². The molecular weight excluding hydrogens is 455 g/mol. The zero-order valence-corrected chi connectivity index (χ0v) is 18.8. The smallest absolute Gasteiger partial charge is 0.250 e. The number of hydrogen-bond donors (Lipinski definition) is 3. The van der Waals surface area contributed by atoms with Gasteiger partial charge in [0.15, 0.2) is 0 Å². The Labute approximate surface area is 188 Å². The minimum atomic E-state index is -3.69. The van der Waals surface area contributed by atoms with Crippen LogP contribution in [0.1, 0.15) is 29.5 Å². The first-order valence-corrected chi connectivity index (χ1v) is 11.9. The van der Waals surface area contributed by atoms with Crippen molar-refractivity contribution >= 4 is 33.1 Å². The molecule has 2 heterocycles. The molecule has 0 bridgehead atoms. The summed E-state index contributed by atoms with van der Waals surface area (Å²) < 4.78 is 42.2. The number of anilines is 1. The summed E-state index contributed by atoms with van der Waals surface area (Å²) in [4.78, 5) is 11.7. The van der Waals surface area contributed by atoms with E-state index in [1.807, 2.05) is 6.07 Å². The molecule has 32 heavy (non-hydrogen) atoms. The number of aromatic nitrogens is 2. The highest BCUT2D eigenvalue weighted by Gasteiger charge is 2.19. The minimum Gasteiger partial charge on any atom is -0.382 e. The summed E-state index contributed by atoms with van der Waals surface area (Å²) in [6.07, 6.45) is 0.708. The molecule has 9 nitrogen and oxygen atoms in total. The Kier molecular flexibility index (Phi) is 7.24. The van der Waals surface area contributed by atoms with Crippen LogP contribution in [0.15, 0.2) is 40.6 Å². The Morgan fingerprint density at radius 2 is 2.00 bits per heavy atom. The largest absolute Gasteiger partial charge is 0.382 e. The highest BCUT2D eigenvalue weighted by Crippen LogP contribution is 2.23. The predicted octanol–water partition coefficient (Wildman–Crippen LogP) is 2.07. The average molecular weight is 477 g/mol. The third kappa shape index (κ3) is 5.50. The maximum Gasteiger partial charge on any atom is 0.250 e. The summed E-state index contributed by atoms with van der Waals surface area (Å²) in [6, 6.07) is 10.7. The first-order chi connectivity index (χ1) is 15.2. The second kappa shape index (κ2) is 9.90. The van der Waals surface area contributed by atoms with Crippen LogP contribution in [0.4, 0.5) is 10.2 Å². The van der Waals surface area contributed by atoms with Crippen molar-refractivity contribution in [1.29, 1.82) is 5.26 Å². The van der Waals surface area contributed by atoms with Gasteiger partial charge in [0.1, 0.15) is 27.5 Å². The number of benzene rings is 1. The third-order valence-corrected chi connectivity index (χ3v) is 7.51. The van der Waals surface area contributed by atoms with E-state index in [9.17, 15) is 22.9 Å². The van der Waals surface area contributed by atoms with Crippen LogP contribution in [0.2, 0.25) is 0 Å². The molecule has 3 aromatic rings. The van der Waals surface area contributed by atoms with Crippen LogP contribution in [0, 0.1) is 17.1 Å². The van der Waals surface area contributed by atoms with Crippen molar-refractivity contribution in [3.8, 4) is 11.8 Å². The molecule has 0 saturated heterocycles. The topological polar surface area (TPSA) is 143 Å². The molecule has 0 aliphatic carbocycles. The number of nitrogens with zero attached hydrogens (tertiary/aromatic N) is 3. The Bertz CT molecular complexity index is 1260. The third-order valence-electron chi connectivity index (χ3n) is 4.47. The van der Waals surface area contributed by atoms with Crippen LogP contribution < -0.4 is 15.8 Å². The van der Waals surface area contributed by atoms with E-state index in [-0.39, 0.29) is 34.6 Å². The lowest BCUT2D eigenvalue weighted by Gasteiger charge is -2.04. The monoisotopic (exact) mass is 476 g/mol. The molecule has 0 saturated carbocycles. The molecule has 0 spiro atoms. The van der Waals surface area contributed by atoms with E-state index in [1.165, 1.54) is 41.9 Å². The Balaban J connectivity index is 1.62. The highest BCUT2D eigenvalue weighted by atomic mass is 32.2. The number of amides is 1. The van der Waals surface area contributed by atoms with Gasteiger partial charge in [-0.25, -0.2) is 22.2 Å². The zero-order chi connectivity index (χ0) is 23.3. The number of aryl methyl sites for hydroxylation is 1. The van der Waals surface area contributed by atoms with E-state index in [0.29, 0.717) is 24.2 Å². The summed E-state index contributed by atoms with van der Waals surface area (Å²) in [5.74, 6) is -0.458. The lowest BCUT2D eigenvalue weighted by Crippen LogP contribution is -2.24. The lowest BCUT2D eigenvalue weighted by atomic mass is 10.1. The number of carbonyl (C=O) groups excluding carboxylic acids is 1. The summed E-state index contributed by atoms with van der Waals surface area (Å²) in [5.41, 5.74) is 7.18. The van der Waals surface area contributed by atoms with E-state index >= 15 is 0 Å². The van der Waals surface area contributed by atoms with Gasteiger partial charge in [-0.2, -0.15) is 10.4 Å². The Morgan fingerprint density at radius 3 is 2.66 bits per heavy atom. The van der Waals surface area contributed by atoms with Gasteiger partial charge >= 0.3 is 0 Å². The SMILES string of the molecule is CC(=O)NCc1ccc(S(=O)(=O)NCCCc2nn(-c3ccc(F)cc3)c(N)c2C#N)s1. The average Bonchev–Trinajstić information content (AvgIpc) is 3.35. The predicted molar refractivity (Wildman–Crippen MR) is 118 cm³/mol. The van der Waals surface area contributed by atoms with Gasteiger partial charge in [-0.1, -0.05) is 0 Å². The number of rotatable bonds is 9. The van der Waals surface area contributed by atoms with Gasteiger partial charge in [-0.3, -0.25) is 4.79 Å². The number of thiophene rings is 1. The van der Waals surface area contributed by atoms with Crippen molar-refractivity contribution in [3.05, 3.63) is 58.3 Å². The number of nitrogens with two attached hydrogens (primary N) is 1. The van der Waals surface area contributed by atoms with Gasteiger partial charge in [0.25, 0.3) is 0 Å². The Hall–Kier alpha value is -3.27. The zero-order valence-electron chi connectivity index (χ0n) is 17.1. The van der Waals surface area contributed by atoms with Gasteiger partial charge in [-0.15, -0.1) is 11.3 Å². The molecular formula is C20H21FN6O3S2. The Morgan fingerprint density at radius 1 is 1.28 bits per heavy atom. The molecule has 0 aliphatic rings. The second-order valence-electron chi connectivity index (χ2n) is 6.84. The molecule has 0 atom stereocenters. The molecule has 168 valence electrons. The molecule has 1 aromatic carbocycles. The number of nitriles is 1. The van der Waals surface area contributed by atoms with Crippen LogP contribution in [0.3, 0.4) is 0 Å². The summed E-state index contributed by atoms with van der Waals surface area (Å²) >= 11 is 1.08. The molecule has 2 aromatic heterocycles. The number of halogens is 1. The minimum absolute atomic E-state index is 0.134. The number of nitrogens with one attached hydrogen (secondary N) is 2. The quantitative estimate of drug-likeness (QED) is 0.404. The highest BCUT2D eigenvalue weighted by molar-refractivity contribution is 7.91. The van der Waals surface area contributed by atoms with Crippen molar-refractivity contribution in [2.75, 3.05) is 12.3 Å². The van der Waals surface area contributed by atoms with Crippen LogP contribution in [0.25, 0.3) is 5.69 Å². The van der Waals surface area contributed by atoms with E-state index in [0.717, 1.165) is 16.2 Å². The molecule has 0 radical (unpaired) electrons. The van der Waals surface area contributed by atoms with Crippen LogP contribution in [-0.4, -0.2) is 30.7 Å². The van der Waals surface area contributed by atoms with E-state index < -0.39 is 15.8 Å². The van der Waals surface area contributed by atoms with Crippen molar-refractivity contribution in [3.63, 3.8) is 0 Å². The lowest BCUT2D eigenvalue weighted by molar-refractivity contribution is -0.119. The molecule has 1 amide bonds. The number of hydrogen-bond acceptors (Lipinski definition) is 7. The second-order valence-corrected chi connectivity index (χ2v) is 10.0. The number of sulfonamides is 1. The molecule has 0 fully saturated rings. The standard InChI is InChI=1S/C20H21FN6O3S2/c1-13(28)24-12-16-8-9-19(31-16)32(29,30)25-10-2-3-18-17(11-22)20(23)27(26-18)15-6-4-14(21)5-7-15/h4-9,25H,2-3,10,12,23H2,1H3,(H,24,28). The van der Waals surface area contributed by atoms with Crippen molar-refractivity contribution < 1.29 is 17.6 Å². The first-order valence-electron chi connectivity index (χ1n) is 9.57. The van der Waals surface area contributed by atoms with E-state index in [2.05, 4.69) is 15.1 Å². The molecule has 3 rings (SSSR count). The molecule has 12 heteroatoms. The van der Waals surface area contributed by atoms with E-state index in [1.54, 1.807) is 6.07 Å². The van der Waals surface area contributed by atoms with Gasteiger partial charge < -0.3 is 11.1 Å². The van der Waals surface area contributed by atoms with Gasteiger partial charge in [0.2, 0.25) is 15.9 Å². The van der Waals surface area contributed by atoms with Gasteiger partial charge in [0.05, 0.1) is 17.9 Å². The summed E-state index contributed by atoms with van der Waals surface area (Å²) in [7, 11) is -3.69. The molecule has 0 aliphatic heterocycles. The molecule has 0 unspecified atom stereocenters. The fraction of sp³-hybridized carbons (Fsp3) is 0.250. The summed E-state index contributed by atoms with van der Waals surface area (Å²) in [5, 5.41) is 16.4. The van der Waals surface area contributed by atoms with Crippen molar-refractivity contribution in [1.82, 2.24) is 19.8 Å². The number of nitrogen functional groups attached to an aromatic ring is 1. The fourth-order valence-electron chi connectivity index (χ4n) is 2.90. The van der Waals surface area contributed by atoms with Crippen LogP contribution in [0.5, 0.6) is 0 Å². The summed E-state index contributed by atoms with van der Waals surface area (Å²) in [6.45, 7) is 1.79. The normalized spacial score (nSPS) is 11.3. The molecule has 4 N–H and O–H groups in total. The van der Waals surface area contributed by atoms with Gasteiger partial charge in [-0.05, 0) is 49.2 Å². The van der Waals surface area contributed by atoms with Crippen molar-refractivity contribution in [2.24, 2.45) is 0 Å². The van der Waals surface area contributed by atoms with Crippen LogP contribution in [-0.2, 0) is 27.8 Å². The fourth-order valence-corrected chi connectivity index (χ4v) is 5.31. The van der Waals surface area contributed by atoms with Gasteiger partial charge in [0, 0.05) is 18.3 Å². The maximum atomic E-state index is 13.2. The van der Waals surface area contributed by atoms with E-state index in [4.69, 9.17) is 5.73 Å². The first kappa shape index (κ1) is 23.4. The number of carbonyl (C=O) groups is 1.